The van der Waals surface area contributed by atoms with E-state index < -0.39 is 0 Å². The standard InChI is InChI=1S/C15H13Cl2N3O2/c16-10-1-2-13(17)12(7-10)15(21)20-6-4-11(8-20)22-14-3-5-18-9-19-14/h1-3,5,7,9,11H,4,6,8H2/t11-/m1/s1. The molecule has 1 aromatic carbocycles. The highest BCUT2D eigenvalue weighted by Crippen LogP contribution is 2.24. The van der Waals surface area contributed by atoms with Crippen LogP contribution in [0, 0.1) is 0 Å². The van der Waals surface area contributed by atoms with Gasteiger partial charge in [-0.2, -0.15) is 0 Å². The van der Waals surface area contributed by atoms with Crippen LogP contribution < -0.4 is 4.74 Å². The van der Waals surface area contributed by atoms with Crippen molar-refractivity contribution in [1.82, 2.24) is 14.9 Å². The predicted octanol–water partition coefficient (Wildman–Crippen LogP) is 3.08. The maximum absolute atomic E-state index is 12.5. The maximum atomic E-state index is 12.5. The van der Waals surface area contributed by atoms with Gasteiger partial charge in [0.1, 0.15) is 12.4 Å². The average molecular weight is 338 g/mol. The van der Waals surface area contributed by atoms with Gasteiger partial charge in [-0.15, -0.1) is 0 Å². The number of hydrogen-bond acceptors (Lipinski definition) is 4. The number of aromatic nitrogens is 2. The molecule has 1 aliphatic rings. The van der Waals surface area contributed by atoms with Crippen LogP contribution in [0.2, 0.25) is 10.0 Å². The topological polar surface area (TPSA) is 55.3 Å². The summed E-state index contributed by atoms with van der Waals surface area (Å²) in [4.78, 5) is 22.1. The largest absolute Gasteiger partial charge is 0.472 e. The van der Waals surface area contributed by atoms with Crippen molar-refractivity contribution in [3.63, 3.8) is 0 Å². The van der Waals surface area contributed by atoms with Crippen molar-refractivity contribution in [1.29, 1.82) is 0 Å². The predicted molar refractivity (Wildman–Crippen MR) is 83.4 cm³/mol. The van der Waals surface area contributed by atoms with Crippen molar-refractivity contribution in [3.05, 3.63) is 52.4 Å². The lowest BCUT2D eigenvalue weighted by molar-refractivity contribution is 0.0771. The van der Waals surface area contributed by atoms with Crippen LogP contribution in [0.5, 0.6) is 5.88 Å². The summed E-state index contributed by atoms with van der Waals surface area (Å²) in [5.74, 6) is 0.372. The zero-order chi connectivity index (χ0) is 15.5. The first-order chi connectivity index (χ1) is 10.6. The molecule has 3 rings (SSSR count). The Morgan fingerprint density at radius 3 is 2.95 bits per heavy atom. The van der Waals surface area contributed by atoms with E-state index in [9.17, 15) is 4.79 Å². The molecule has 5 nitrogen and oxygen atoms in total. The highest BCUT2D eigenvalue weighted by atomic mass is 35.5. The molecule has 1 aliphatic heterocycles. The highest BCUT2D eigenvalue weighted by Gasteiger charge is 2.29. The number of benzene rings is 1. The first kappa shape index (κ1) is 15.1. The average Bonchev–Trinajstić information content (AvgIpc) is 2.98. The number of amides is 1. The Hall–Kier alpha value is -1.85. The van der Waals surface area contributed by atoms with Gasteiger partial charge in [0, 0.05) is 30.3 Å². The molecule has 0 saturated carbocycles. The maximum Gasteiger partial charge on any atom is 0.255 e. The first-order valence-corrected chi connectivity index (χ1v) is 7.56. The monoisotopic (exact) mass is 337 g/mol. The minimum atomic E-state index is -0.138. The van der Waals surface area contributed by atoms with Crippen LogP contribution >= 0.6 is 23.2 Å². The quantitative estimate of drug-likeness (QED) is 0.863. The summed E-state index contributed by atoms with van der Waals surface area (Å²) in [6, 6.07) is 6.57. The molecule has 114 valence electrons. The van der Waals surface area contributed by atoms with Gasteiger partial charge in [0.25, 0.3) is 5.91 Å². The van der Waals surface area contributed by atoms with Crippen molar-refractivity contribution in [2.75, 3.05) is 13.1 Å². The molecule has 2 aromatic rings. The number of halogens is 2. The van der Waals surface area contributed by atoms with Crippen LogP contribution in [0.25, 0.3) is 0 Å². The fourth-order valence-corrected chi connectivity index (χ4v) is 2.73. The van der Waals surface area contributed by atoms with Crippen molar-refractivity contribution in [2.45, 2.75) is 12.5 Å². The second kappa shape index (κ2) is 6.50. The van der Waals surface area contributed by atoms with Crippen molar-refractivity contribution < 1.29 is 9.53 Å². The Kier molecular flexibility index (Phi) is 4.45. The third-order valence-corrected chi connectivity index (χ3v) is 4.00. The van der Waals surface area contributed by atoms with Gasteiger partial charge in [-0.25, -0.2) is 9.97 Å². The third-order valence-electron chi connectivity index (χ3n) is 3.43. The summed E-state index contributed by atoms with van der Waals surface area (Å²) in [5, 5.41) is 0.885. The lowest BCUT2D eigenvalue weighted by Crippen LogP contribution is -2.31. The van der Waals surface area contributed by atoms with Crippen molar-refractivity contribution in [2.24, 2.45) is 0 Å². The Balaban J connectivity index is 1.67. The number of carbonyl (C=O) groups excluding carboxylic acids is 1. The molecule has 1 atom stereocenters. The number of likely N-dealkylation sites (tertiary alicyclic amines) is 1. The van der Waals surface area contributed by atoms with E-state index in [1.807, 2.05) is 0 Å². The van der Waals surface area contributed by atoms with Crippen LogP contribution in [-0.2, 0) is 0 Å². The number of ether oxygens (including phenoxy) is 1. The van der Waals surface area contributed by atoms with Crippen molar-refractivity contribution >= 4 is 29.1 Å². The van der Waals surface area contributed by atoms with Gasteiger partial charge in [-0.1, -0.05) is 23.2 Å². The molecule has 2 heterocycles. The SMILES string of the molecule is O=C(c1cc(Cl)ccc1Cl)N1CC[C@@H](Oc2ccncn2)C1. The fraction of sp³-hybridized carbons (Fsp3) is 0.267. The normalized spacial score (nSPS) is 17.5. The Bertz CT molecular complexity index is 682. The van der Waals surface area contributed by atoms with Crippen LogP contribution in [0.1, 0.15) is 16.8 Å². The molecular formula is C15H13Cl2N3O2. The molecule has 0 radical (unpaired) electrons. The number of nitrogens with zero attached hydrogens (tertiary/aromatic N) is 3. The number of rotatable bonds is 3. The Labute approximate surface area is 137 Å². The number of carbonyl (C=O) groups is 1. The van der Waals surface area contributed by atoms with Gasteiger partial charge >= 0.3 is 0 Å². The molecule has 7 heteroatoms. The summed E-state index contributed by atoms with van der Waals surface area (Å²) in [6.07, 6.45) is 3.70. The highest BCUT2D eigenvalue weighted by molar-refractivity contribution is 6.35. The summed E-state index contributed by atoms with van der Waals surface area (Å²) in [6.45, 7) is 1.10. The van der Waals surface area contributed by atoms with Crippen molar-refractivity contribution in [3.8, 4) is 5.88 Å². The van der Waals surface area contributed by atoms with Gasteiger partial charge in [-0.3, -0.25) is 4.79 Å². The first-order valence-electron chi connectivity index (χ1n) is 6.80. The molecule has 0 bridgehead atoms. The molecule has 1 amide bonds. The molecule has 1 aromatic heterocycles. The Morgan fingerprint density at radius 2 is 2.18 bits per heavy atom. The van der Waals surface area contributed by atoms with Gasteiger partial charge in [0.15, 0.2) is 0 Å². The third kappa shape index (κ3) is 3.31. The molecule has 22 heavy (non-hydrogen) atoms. The zero-order valence-corrected chi connectivity index (χ0v) is 13.1. The van der Waals surface area contributed by atoms with E-state index in [4.69, 9.17) is 27.9 Å². The molecule has 0 spiro atoms. The lowest BCUT2D eigenvalue weighted by atomic mass is 10.2. The van der Waals surface area contributed by atoms with E-state index >= 15 is 0 Å². The molecule has 0 aliphatic carbocycles. The van der Waals surface area contributed by atoms with Crippen LogP contribution in [0.15, 0.2) is 36.8 Å². The number of hydrogen-bond donors (Lipinski definition) is 0. The van der Waals surface area contributed by atoms with Crippen LogP contribution in [-0.4, -0.2) is 40.0 Å². The molecule has 0 unspecified atom stereocenters. The van der Waals surface area contributed by atoms with E-state index in [0.717, 1.165) is 6.42 Å². The van der Waals surface area contributed by atoms with Gasteiger partial charge in [0.2, 0.25) is 5.88 Å². The summed E-state index contributed by atoms with van der Waals surface area (Å²) in [7, 11) is 0. The molecule has 1 fully saturated rings. The molecule has 0 N–H and O–H groups in total. The van der Waals surface area contributed by atoms with E-state index in [2.05, 4.69) is 9.97 Å². The van der Waals surface area contributed by atoms with Gasteiger partial charge in [0.05, 0.1) is 17.1 Å². The summed E-state index contributed by atoms with van der Waals surface area (Å²) < 4.78 is 5.74. The second-order valence-electron chi connectivity index (χ2n) is 4.95. The van der Waals surface area contributed by atoms with Crippen LogP contribution in [0.3, 0.4) is 0 Å². The van der Waals surface area contributed by atoms with E-state index in [0.29, 0.717) is 34.6 Å². The summed E-state index contributed by atoms with van der Waals surface area (Å²) in [5.41, 5.74) is 0.414. The van der Waals surface area contributed by atoms with E-state index in [1.54, 1.807) is 35.4 Å². The minimum Gasteiger partial charge on any atom is -0.472 e. The molecular weight excluding hydrogens is 325 g/mol. The second-order valence-corrected chi connectivity index (χ2v) is 5.80. The van der Waals surface area contributed by atoms with E-state index in [1.165, 1.54) is 6.33 Å². The summed E-state index contributed by atoms with van der Waals surface area (Å²) >= 11 is 12.0. The molecule has 1 saturated heterocycles. The van der Waals surface area contributed by atoms with E-state index in [-0.39, 0.29) is 12.0 Å². The van der Waals surface area contributed by atoms with Gasteiger partial charge in [-0.05, 0) is 18.2 Å². The fourth-order valence-electron chi connectivity index (χ4n) is 2.36. The van der Waals surface area contributed by atoms with Crippen LogP contribution in [0.4, 0.5) is 0 Å². The minimum absolute atomic E-state index is 0.0863. The lowest BCUT2D eigenvalue weighted by Gasteiger charge is -2.17. The zero-order valence-electron chi connectivity index (χ0n) is 11.6. The van der Waals surface area contributed by atoms with Gasteiger partial charge < -0.3 is 9.64 Å². The smallest absolute Gasteiger partial charge is 0.255 e. The Morgan fingerprint density at radius 1 is 1.32 bits per heavy atom.